The lowest BCUT2D eigenvalue weighted by Crippen LogP contribution is -2.61. The molecule has 2 aromatic carbocycles. The van der Waals surface area contributed by atoms with Crippen LogP contribution in [0.25, 0.3) is 0 Å². The van der Waals surface area contributed by atoms with E-state index in [-0.39, 0.29) is 28.5 Å². The lowest BCUT2D eigenvalue weighted by molar-refractivity contribution is -0.384. The standard InChI is InChI=1S/C24H28N4O3/c29-24(25-14-17-6-7-17)21-13-19-12-20(28(30)31)8-9-22(19)27-11-10-26(16-23(21)27)15-18-4-2-1-3-5-18/h1-5,8-9,12,17,21,23H,6-7,10-11,13-16H2,(H,25,29)/t21-,23-/m0/s1. The Morgan fingerprint density at radius 1 is 1.13 bits per heavy atom. The zero-order chi connectivity index (χ0) is 21.4. The number of anilines is 1. The molecule has 3 aliphatic rings. The van der Waals surface area contributed by atoms with Crippen LogP contribution in [0.1, 0.15) is 24.0 Å². The number of benzene rings is 2. The number of nitrogens with one attached hydrogen (secondary N) is 1. The monoisotopic (exact) mass is 420 g/mol. The van der Waals surface area contributed by atoms with E-state index in [9.17, 15) is 14.9 Å². The first-order valence-electron chi connectivity index (χ1n) is 11.2. The van der Waals surface area contributed by atoms with Crippen molar-refractivity contribution in [3.8, 4) is 0 Å². The summed E-state index contributed by atoms with van der Waals surface area (Å²) >= 11 is 0. The maximum atomic E-state index is 13.2. The van der Waals surface area contributed by atoms with Gasteiger partial charge >= 0.3 is 0 Å². The lowest BCUT2D eigenvalue weighted by Gasteiger charge is -2.49. The Morgan fingerprint density at radius 3 is 2.68 bits per heavy atom. The topological polar surface area (TPSA) is 78.7 Å². The van der Waals surface area contributed by atoms with Gasteiger partial charge in [-0.25, -0.2) is 0 Å². The minimum absolute atomic E-state index is 0.0746. The fraction of sp³-hybridized carbons (Fsp3) is 0.458. The summed E-state index contributed by atoms with van der Waals surface area (Å²) < 4.78 is 0. The molecule has 2 atom stereocenters. The van der Waals surface area contributed by atoms with Gasteiger partial charge in [-0.3, -0.25) is 19.8 Å². The molecule has 0 bridgehead atoms. The van der Waals surface area contributed by atoms with Gasteiger partial charge in [0.2, 0.25) is 5.91 Å². The average molecular weight is 421 g/mol. The fourth-order valence-electron chi connectivity index (χ4n) is 4.97. The van der Waals surface area contributed by atoms with E-state index in [0.29, 0.717) is 12.3 Å². The second-order valence-corrected chi connectivity index (χ2v) is 9.05. The first kappa shape index (κ1) is 20.0. The summed E-state index contributed by atoms with van der Waals surface area (Å²) in [6, 6.07) is 15.6. The molecule has 162 valence electrons. The van der Waals surface area contributed by atoms with Crippen molar-refractivity contribution in [2.75, 3.05) is 31.1 Å². The molecular weight excluding hydrogens is 392 g/mol. The molecule has 2 fully saturated rings. The number of rotatable bonds is 6. The second kappa shape index (κ2) is 8.30. The molecule has 1 amide bonds. The molecule has 7 heteroatoms. The molecule has 7 nitrogen and oxygen atoms in total. The molecule has 1 N–H and O–H groups in total. The third-order valence-corrected chi connectivity index (χ3v) is 6.84. The molecule has 1 aliphatic carbocycles. The van der Waals surface area contributed by atoms with E-state index in [4.69, 9.17) is 0 Å². The highest BCUT2D eigenvalue weighted by Gasteiger charge is 2.42. The van der Waals surface area contributed by atoms with Crippen LogP contribution in [0.5, 0.6) is 0 Å². The van der Waals surface area contributed by atoms with Crippen molar-refractivity contribution in [1.82, 2.24) is 10.2 Å². The van der Waals surface area contributed by atoms with Crippen LogP contribution >= 0.6 is 0 Å². The van der Waals surface area contributed by atoms with Gasteiger partial charge in [-0.15, -0.1) is 0 Å². The quantitative estimate of drug-likeness (QED) is 0.574. The Kier molecular flexibility index (Phi) is 5.36. The molecule has 5 rings (SSSR count). The average Bonchev–Trinajstić information content (AvgIpc) is 3.61. The number of nitro groups is 1. The summed E-state index contributed by atoms with van der Waals surface area (Å²) in [5, 5.41) is 14.5. The first-order valence-corrected chi connectivity index (χ1v) is 11.2. The molecule has 2 aromatic rings. The normalized spacial score (nSPS) is 23.0. The lowest BCUT2D eigenvalue weighted by atomic mass is 9.83. The van der Waals surface area contributed by atoms with Crippen LogP contribution in [-0.2, 0) is 17.8 Å². The van der Waals surface area contributed by atoms with Gasteiger partial charge in [-0.2, -0.15) is 0 Å². The Morgan fingerprint density at radius 2 is 1.94 bits per heavy atom. The van der Waals surface area contributed by atoms with E-state index in [1.54, 1.807) is 12.1 Å². The van der Waals surface area contributed by atoms with Crippen molar-refractivity contribution in [2.24, 2.45) is 11.8 Å². The summed E-state index contributed by atoms with van der Waals surface area (Å²) in [6.07, 6.45) is 2.94. The molecule has 1 saturated carbocycles. The molecule has 0 spiro atoms. The molecule has 31 heavy (non-hydrogen) atoms. The van der Waals surface area contributed by atoms with Crippen molar-refractivity contribution in [3.63, 3.8) is 0 Å². The molecule has 0 unspecified atom stereocenters. The van der Waals surface area contributed by atoms with E-state index in [0.717, 1.165) is 44.0 Å². The molecule has 2 aliphatic heterocycles. The van der Waals surface area contributed by atoms with Crippen LogP contribution in [0.4, 0.5) is 11.4 Å². The van der Waals surface area contributed by atoms with Gasteiger partial charge in [-0.1, -0.05) is 30.3 Å². The van der Waals surface area contributed by atoms with Crippen LogP contribution in [0.15, 0.2) is 48.5 Å². The first-order chi connectivity index (χ1) is 15.1. The minimum Gasteiger partial charge on any atom is -0.365 e. The number of piperazine rings is 1. The number of hydrogen-bond acceptors (Lipinski definition) is 5. The van der Waals surface area contributed by atoms with Gasteiger partial charge in [0.15, 0.2) is 0 Å². The van der Waals surface area contributed by atoms with Gasteiger partial charge in [0.25, 0.3) is 5.69 Å². The highest BCUT2D eigenvalue weighted by atomic mass is 16.6. The Bertz CT molecular complexity index is 976. The van der Waals surface area contributed by atoms with E-state index in [1.165, 1.54) is 18.4 Å². The predicted molar refractivity (Wildman–Crippen MR) is 119 cm³/mol. The maximum Gasteiger partial charge on any atom is 0.269 e. The highest BCUT2D eigenvalue weighted by Crippen LogP contribution is 2.38. The van der Waals surface area contributed by atoms with Crippen molar-refractivity contribution in [2.45, 2.75) is 31.8 Å². The summed E-state index contributed by atoms with van der Waals surface area (Å²) in [4.78, 5) is 28.9. The van der Waals surface area contributed by atoms with Crippen LogP contribution in [0.2, 0.25) is 0 Å². The minimum atomic E-state index is -0.355. The number of carbonyl (C=O) groups excluding carboxylic acids is 1. The summed E-state index contributed by atoms with van der Waals surface area (Å²) in [7, 11) is 0. The highest BCUT2D eigenvalue weighted by molar-refractivity contribution is 5.82. The molecule has 0 aromatic heterocycles. The van der Waals surface area contributed by atoms with Gasteiger partial charge < -0.3 is 10.2 Å². The summed E-state index contributed by atoms with van der Waals surface area (Å²) in [5.41, 5.74) is 3.32. The van der Waals surface area contributed by atoms with Gasteiger partial charge in [-0.05, 0) is 42.4 Å². The number of non-ortho nitro benzene ring substituents is 1. The van der Waals surface area contributed by atoms with E-state index in [1.807, 2.05) is 12.1 Å². The Hall–Kier alpha value is -2.93. The number of hydrogen-bond donors (Lipinski definition) is 1. The van der Waals surface area contributed by atoms with Crippen LogP contribution in [0, 0.1) is 22.0 Å². The van der Waals surface area contributed by atoms with E-state index < -0.39 is 0 Å². The number of nitrogens with zero attached hydrogens (tertiary/aromatic N) is 3. The maximum absolute atomic E-state index is 13.2. The Balaban J connectivity index is 1.40. The van der Waals surface area contributed by atoms with Crippen LogP contribution in [-0.4, -0.2) is 48.0 Å². The molecule has 2 heterocycles. The zero-order valence-electron chi connectivity index (χ0n) is 17.6. The largest absolute Gasteiger partial charge is 0.365 e. The van der Waals surface area contributed by atoms with Crippen molar-refractivity contribution in [3.05, 3.63) is 69.8 Å². The molecule has 0 radical (unpaired) electrons. The van der Waals surface area contributed by atoms with E-state index >= 15 is 0 Å². The number of nitro benzene ring substituents is 1. The summed E-state index contributed by atoms with van der Waals surface area (Å²) in [5.74, 6) is 0.505. The zero-order valence-corrected chi connectivity index (χ0v) is 17.6. The third-order valence-electron chi connectivity index (χ3n) is 6.84. The van der Waals surface area contributed by atoms with Gasteiger partial charge in [0.05, 0.1) is 16.9 Å². The Labute approximate surface area is 182 Å². The predicted octanol–water partition coefficient (Wildman–Crippen LogP) is 2.98. The summed E-state index contributed by atoms with van der Waals surface area (Å²) in [6.45, 7) is 4.14. The second-order valence-electron chi connectivity index (χ2n) is 9.05. The van der Waals surface area contributed by atoms with Crippen LogP contribution in [0.3, 0.4) is 0 Å². The smallest absolute Gasteiger partial charge is 0.269 e. The fourth-order valence-corrected chi connectivity index (χ4v) is 4.97. The van der Waals surface area contributed by atoms with Crippen molar-refractivity contribution >= 4 is 17.3 Å². The number of fused-ring (bicyclic) bond motifs is 3. The van der Waals surface area contributed by atoms with Gasteiger partial charge in [0, 0.05) is 50.5 Å². The van der Waals surface area contributed by atoms with Crippen LogP contribution < -0.4 is 10.2 Å². The number of carbonyl (C=O) groups is 1. The molecular formula is C24H28N4O3. The number of amides is 1. The van der Waals surface area contributed by atoms with Crippen molar-refractivity contribution < 1.29 is 9.72 Å². The molecule has 1 saturated heterocycles. The van der Waals surface area contributed by atoms with E-state index in [2.05, 4.69) is 39.4 Å². The third kappa shape index (κ3) is 4.28. The van der Waals surface area contributed by atoms with Gasteiger partial charge in [0.1, 0.15) is 0 Å². The SMILES string of the molecule is O=C(NCC1CC1)[C@H]1Cc2cc([N+](=O)[O-])ccc2N2CCN(Cc3ccccc3)C[C@@H]12. The van der Waals surface area contributed by atoms with Crippen molar-refractivity contribution in [1.29, 1.82) is 0 Å².